The SMILES string of the molecule is COCc1cccc(NC(=O)C(C)CCCC(C)N)c1. The lowest BCUT2D eigenvalue weighted by atomic mass is 10.0. The molecule has 4 heteroatoms. The summed E-state index contributed by atoms with van der Waals surface area (Å²) in [6.07, 6.45) is 2.81. The van der Waals surface area contributed by atoms with Crippen molar-refractivity contribution in [3.63, 3.8) is 0 Å². The molecule has 0 saturated heterocycles. The molecule has 3 N–H and O–H groups in total. The van der Waals surface area contributed by atoms with Crippen LogP contribution in [0.25, 0.3) is 0 Å². The zero-order valence-corrected chi connectivity index (χ0v) is 12.7. The van der Waals surface area contributed by atoms with Crippen LogP contribution in [0.15, 0.2) is 24.3 Å². The lowest BCUT2D eigenvalue weighted by Crippen LogP contribution is -2.21. The maximum Gasteiger partial charge on any atom is 0.227 e. The van der Waals surface area contributed by atoms with Crippen molar-refractivity contribution in [2.45, 2.75) is 45.8 Å². The summed E-state index contributed by atoms with van der Waals surface area (Å²) in [5.41, 5.74) is 7.58. The molecule has 1 amide bonds. The Labute approximate surface area is 121 Å². The van der Waals surface area contributed by atoms with E-state index in [1.165, 1.54) is 0 Å². The number of methoxy groups -OCH3 is 1. The average molecular weight is 278 g/mol. The van der Waals surface area contributed by atoms with Crippen LogP contribution in [0.3, 0.4) is 0 Å². The van der Waals surface area contributed by atoms with Gasteiger partial charge in [-0.1, -0.05) is 25.5 Å². The predicted octanol–water partition coefficient (Wildman–Crippen LogP) is 2.93. The fraction of sp³-hybridized carbons (Fsp3) is 0.562. The summed E-state index contributed by atoms with van der Waals surface area (Å²) >= 11 is 0. The molecule has 112 valence electrons. The van der Waals surface area contributed by atoms with E-state index in [9.17, 15) is 4.79 Å². The van der Waals surface area contributed by atoms with Crippen molar-refractivity contribution in [3.8, 4) is 0 Å². The van der Waals surface area contributed by atoms with Gasteiger partial charge in [0, 0.05) is 24.8 Å². The normalized spacial score (nSPS) is 13.8. The highest BCUT2D eigenvalue weighted by molar-refractivity contribution is 5.92. The number of nitrogens with two attached hydrogens (primary N) is 1. The molecule has 0 aliphatic rings. The number of rotatable bonds is 8. The Morgan fingerprint density at radius 1 is 1.35 bits per heavy atom. The topological polar surface area (TPSA) is 64.3 Å². The van der Waals surface area contributed by atoms with Gasteiger partial charge in [0.05, 0.1) is 6.61 Å². The number of anilines is 1. The van der Waals surface area contributed by atoms with Crippen LogP contribution >= 0.6 is 0 Å². The van der Waals surface area contributed by atoms with Gasteiger partial charge in [-0.2, -0.15) is 0 Å². The first-order chi connectivity index (χ1) is 9.52. The molecule has 1 aromatic rings. The number of hydrogen-bond acceptors (Lipinski definition) is 3. The number of nitrogens with one attached hydrogen (secondary N) is 1. The minimum absolute atomic E-state index is 0.000156. The molecule has 1 aromatic carbocycles. The van der Waals surface area contributed by atoms with Gasteiger partial charge >= 0.3 is 0 Å². The molecular weight excluding hydrogens is 252 g/mol. The van der Waals surface area contributed by atoms with E-state index in [1.54, 1.807) is 7.11 Å². The van der Waals surface area contributed by atoms with Crippen molar-refractivity contribution >= 4 is 11.6 Å². The molecule has 1 rings (SSSR count). The molecule has 0 spiro atoms. The molecule has 0 radical (unpaired) electrons. The number of amides is 1. The third kappa shape index (κ3) is 6.17. The third-order valence-electron chi connectivity index (χ3n) is 3.25. The van der Waals surface area contributed by atoms with Gasteiger partial charge in [-0.05, 0) is 37.5 Å². The number of ether oxygens (including phenoxy) is 1. The standard InChI is InChI=1S/C16H26N2O2/c1-12(6-4-7-13(2)17)16(19)18-15-9-5-8-14(10-15)11-20-3/h5,8-10,12-13H,4,6-7,11,17H2,1-3H3,(H,18,19). The zero-order chi connectivity index (χ0) is 15.0. The van der Waals surface area contributed by atoms with Gasteiger partial charge in [0.15, 0.2) is 0 Å². The highest BCUT2D eigenvalue weighted by Gasteiger charge is 2.13. The van der Waals surface area contributed by atoms with Crippen molar-refractivity contribution < 1.29 is 9.53 Å². The fourth-order valence-corrected chi connectivity index (χ4v) is 2.05. The van der Waals surface area contributed by atoms with Crippen molar-refractivity contribution in [1.82, 2.24) is 0 Å². The number of carbonyl (C=O) groups excluding carboxylic acids is 1. The van der Waals surface area contributed by atoms with Crippen molar-refractivity contribution in [1.29, 1.82) is 0 Å². The maximum absolute atomic E-state index is 12.1. The summed E-state index contributed by atoms with van der Waals surface area (Å²) in [6.45, 7) is 4.50. The van der Waals surface area contributed by atoms with E-state index >= 15 is 0 Å². The fourth-order valence-electron chi connectivity index (χ4n) is 2.05. The number of benzene rings is 1. The van der Waals surface area contributed by atoms with Gasteiger partial charge in [0.25, 0.3) is 0 Å². The summed E-state index contributed by atoms with van der Waals surface area (Å²) in [5.74, 6) is 0.0593. The van der Waals surface area contributed by atoms with Gasteiger partial charge in [-0.15, -0.1) is 0 Å². The molecule has 0 aliphatic heterocycles. The molecule has 20 heavy (non-hydrogen) atoms. The summed E-state index contributed by atoms with van der Waals surface area (Å²) in [7, 11) is 1.66. The van der Waals surface area contributed by atoms with Crippen LogP contribution in [0.5, 0.6) is 0 Å². The van der Waals surface area contributed by atoms with Gasteiger partial charge in [0.2, 0.25) is 5.91 Å². The zero-order valence-electron chi connectivity index (χ0n) is 12.7. The monoisotopic (exact) mass is 278 g/mol. The van der Waals surface area contributed by atoms with Crippen molar-refractivity contribution in [3.05, 3.63) is 29.8 Å². The molecule has 0 fully saturated rings. The Hall–Kier alpha value is -1.39. The largest absolute Gasteiger partial charge is 0.380 e. The molecule has 4 nitrogen and oxygen atoms in total. The molecule has 0 saturated carbocycles. The van der Waals surface area contributed by atoms with Crippen LogP contribution in [-0.4, -0.2) is 19.1 Å². The van der Waals surface area contributed by atoms with Crippen molar-refractivity contribution in [2.75, 3.05) is 12.4 Å². The second kappa shape index (κ2) is 8.72. The summed E-state index contributed by atoms with van der Waals surface area (Å²) in [4.78, 5) is 12.1. The Bertz CT molecular complexity index is 419. The number of carbonyl (C=O) groups is 1. The highest BCUT2D eigenvalue weighted by atomic mass is 16.5. The summed E-state index contributed by atoms with van der Waals surface area (Å²) < 4.78 is 5.09. The summed E-state index contributed by atoms with van der Waals surface area (Å²) in [6, 6.07) is 7.94. The van der Waals surface area contributed by atoms with Crippen LogP contribution in [-0.2, 0) is 16.1 Å². The molecule has 0 aromatic heterocycles. The molecule has 0 bridgehead atoms. The second-order valence-corrected chi connectivity index (χ2v) is 5.43. The van der Waals surface area contributed by atoms with E-state index in [4.69, 9.17) is 10.5 Å². The number of hydrogen-bond donors (Lipinski definition) is 2. The van der Waals surface area contributed by atoms with Gasteiger partial charge in [0.1, 0.15) is 0 Å². The first kappa shape index (κ1) is 16.7. The van der Waals surface area contributed by atoms with Crippen LogP contribution in [0.4, 0.5) is 5.69 Å². The lowest BCUT2D eigenvalue weighted by Gasteiger charge is -2.13. The van der Waals surface area contributed by atoms with Crippen LogP contribution < -0.4 is 11.1 Å². The van der Waals surface area contributed by atoms with E-state index in [2.05, 4.69) is 5.32 Å². The molecular formula is C16H26N2O2. The Kier molecular flexibility index (Phi) is 7.26. The Morgan fingerprint density at radius 2 is 2.10 bits per heavy atom. The summed E-state index contributed by atoms with van der Waals surface area (Å²) in [5, 5.41) is 2.95. The second-order valence-electron chi connectivity index (χ2n) is 5.43. The van der Waals surface area contributed by atoms with Crippen LogP contribution in [0, 0.1) is 5.92 Å². The molecule has 2 unspecified atom stereocenters. The van der Waals surface area contributed by atoms with E-state index in [0.29, 0.717) is 6.61 Å². The van der Waals surface area contributed by atoms with Gasteiger partial charge in [-0.3, -0.25) is 4.79 Å². The third-order valence-corrected chi connectivity index (χ3v) is 3.25. The predicted molar refractivity (Wildman–Crippen MR) is 82.4 cm³/mol. The van der Waals surface area contributed by atoms with Crippen LogP contribution in [0.1, 0.15) is 38.7 Å². The Balaban J connectivity index is 2.46. The van der Waals surface area contributed by atoms with Gasteiger partial charge in [-0.25, -0.2) is 0 Å². The first-order valence-corrected chi connectivity index (χ1v) is 7.17. The smallest absolute Gasteiger partial charge is 0.227 e. The van der Waals surface area contributed by atoms with Crippen LogP contribution in [0.2, 0.25) is 0 Å². The van der Waals surface area contributed by atoms with Gasteiger partial charge < -0.3 is 15.8 Å². The Morgan fingerprint density at radius 3 is 2.75 bits per heavy atom. The quantitative estimate of drug-likeness (QED) is 0.768. The molecule has 2 atom stereocenters. The van der Waals surface area contributed by atoms with E-state index < -0.39 is 0 Å². The minimum Gasteiger partial charge on any atom is -0.380 e. The molecule has 0 heterocycles. The molecule has 0 aliphatic carbocycles. The van der Waals surface area contributed by atoms with E-state index in [-0.39, 0.29) is 17.9 Å². The lowest BCUT2D eigenvalue weighted by molar-refractivity contribution is -0.119. The van der Waals surface area contributed by atoms with Crippen molar-refractivity contribution in [2.24, 2.45) is 11.7 Å². The van der Waals surface area contributed by atoms with E-state index in [1.807, 2.05) is 38.1 Å². The maximum atomic E-state index is 12.1. The highest BCUT2D eigenvalue weighted by Crippen LogP contribution is 2.15. The minimum atomic E-state index is -0.000156. The first-order valence-electron chi connectivity index (χ1n) is 7.17. The average Bonchev–Trinajstić information content (AvgIpc) is 2.39. The van der Waals surface area contributed by atoms with E-state index in [0.717, 1.165) is 30.5 Å².